The van der Waals surface area contributed by atoms with Gasteiger partial charge < -0.3 is 19.3 Å². The molecule has 31 heavy (non-hydrogen) atoms. The van der Waals surface area contributed by atoms with Crippen LogP contribution in [0.15, 0.2) is 24.7 Å². The second kappa shape index (κ2) is 8.08. The van der Waals surface area contributed by atoms with Crippen LogP contribution in [0, 0.1) is 11.8 Å². The smallest absolute Gasteiger partial charge is 0.410 e. The highest BCUT2D eigenvalue weighted by molar-refractivity contribution is 6.06. The van der Waals surface area contributed by atoms with Gasteiger partial charge in [0.05, 0.1) is 25.1 Å². The monoisotopic (exact) mass is 419 g/mol. The lowest BCUT2D eigenvalue weighted by molar-refractivity contribution is -0.104. The van der Waals surface area contributed by atoms with Crippen molar-refractivity contribution in [2.24, 2.45) is 7.05 Å². The number of aryl methyl sites for hydroxylation is 1. The minimum Gasteiger partial charge on any atom is -0.441 e. The number of allylic oxidation sites excluding steroid dienone is 2. The molecule has 0 aromatic carbocycles. The SMILES string of the molecule is CC#CC1=C(c2cnn(C)c2)Cc2nccc(N3CCN(C(=O)OC4COC4)CC3)c21. The molecule has 0 bridgehead atoms. The Kier molecular flexibility index (Phi) is 5.12. The van der Waals surface area contributed by atoms with Crippen LogP contribution in [0.2, 0.25) is 0 Å². The van der Waals surface area contributed by atoms with Gasteiger partial charge in [0.15, 0.2) is 6.10 Å². The largest absolute Gasteiger partial charge is 0.441 e. The van der Waals surface area contributed by atoms with Crippen LogP contribution < -0.4 is 4.90 Å². The summed E-state index contributed by atoms with van der Waals surface area (Å²) < 4.78 is 12.3. The first-order valence-electron chi connectivity index (χ1n) is 10.6. The van der Waals surface area contributed by atoms with Gasteiger partial charge in [0.25, 0.3) is 0 Å². The van der Waals surface area contributed by atoms with Gasteiger partial charge in [0, 0.05) is 74.4 Å². The van der Waals surface area contributed by atoms with E-state index >= 15 is 0 Å². The highest BCUT2D eigenvalue weighted by atomic mass is 16.6. The predicted octanol–water partition coefficient (Wildman–Crippen LogP) is 1.96. The Morgan fingerprint density at radius 2 is 2.06 bits per heavy atom. The summed E-state index contributed by atoms with van der Waals surface area (Å²) in [5, 5.41) is 4.33. The third kappa shape index (κ3) is 3.66. The summed E-state index contributed by atoms with van der Waals surface area (Å²) >= 11 is 0. The maximum atomic E-state index is 12.4. The van der Waals surface area contributed by atoms with E-state index in [0.29, 0.717) is 26.3 Å². The Morgan fingerprint density at radius 1 is 1.26 bits per heavy atom. The molecule has 0 unspecified atom stereocenters. The van der Waals surface area contributed by atoms with Crippen LogP contribution in [-0.2, 0) is 22.9 Å². The van der Waals surface area contributed by atoms with Gasteiger partial charge in [-0.2, -0.15) is 5.10 Å². The van der Waals surface area contributed by atoms with Crippen LogP contribution in [0.25, 0.3) is 11.1 Å². The first-order valence-corrected chi connectivity index (χ1v) is 10.6. The molecule has 4 heterocycles. The van der Waals surface area contributed by atoms with Crippen LogP contribution in [0.1, 0.15) is 23.7 Å². The van der Waals surface area contributed by atoms with Gasteiger partial charge in [-0.25, -0.2) is 4.79 Å². The van der Waals surface area contributed by atoms with Crippen molar-refractivity contribution in [2.75, 3.05) is 44.3 Å². The van der Waals surface area contributed by atoms with E-state index in [1.807, 2.05) is 37.2 Å². The Labute approximate surface area is 181 Å². The van der Waals surface area contributed by atoms with Gasteiger partial charge in [-0.15, -0.1) is 5.92 Å². The summed E-state index contributed by atoms with van der Waals surface area (Å²) in [6.07, 6.45) is 6.18. The molecule has 1 aliphatic carbocycles. The lowest BCUT2D eigenvalue weighted by atomic mass is 10.0. The van der Waals surface area contributed by atoms with E-state index in [1.165, 1.54) is 5.57 Å². The third-order valence-corrected chi connectivity index (χ3v) is 5.96. The average Bonchev–Trinajstić information content (AvgIpc) is 3.34. The van der Waals surface area contributed by atoms with Crippen molar-refractivity contribution < 1.29 is 14.3 Å². The van der Waals surface area contributed by atoms with Crippen LogP contribution >= 0.6 is 0 Å². The number of hydrogen-bond acceptors (Lipinski definition) is 6. The zero-order valence-corrected chi connectivity index (χ0v) is 17.8. The molecule has 160 valence electrons. The number of hydrogen-bond donors (Lipinski definition) is 0. The Bertz CT molecular complexity index is 1100. The van der Waals surface area contributed by atoms with Crippen LogP contribution in [0.4, 0.5) is 10.5 Å². The third-order valence-electron chi connectivity index (χ3n) is 5.96. The van der Waals surface area contributed by atoms with Crippen molar-refractivity contribution in [3.05, 3.63) is 41.5 Å². The van der Waals surface area contributed by atoms with Crippen molar-refractivity contribution in [3.63, 3.8) is 0 Å². The van der Waals surface area contributed by atoms with Gasteiger partial charge in [0.1, 0.15) is 0 Å². The molecule has 0 N–H and O–H groups in total. The highest BCUT2D eigenvalue weighted by Gasteiger charge is 2.31. The molecule has 0 radical (unpaired) electrons. The topological polar surface area (TPSA) is 72.7 Å². The number of carbonyl (C=O) groups excluding carboxylic acids is 1. The molecule has 8 heteroatoms. The number of rotatable bonds is 3. The fourth-order valence-electron chi connectivity index (χ4n) is 4.29. The normalized spacial score (nSPS) is 18.4. The van der Waals surface area contributed by atoms with Crippen molar-refractivity contribution >= 4 is 22.9 Å². The summed E-state index contributed by atoms with van der Waals surface area (Å²) in [5.74, 6) is 6.41. The molecule has 5 rings (SSSR count). The van der Waals surface area contributed by atoms with Crippen molar-refractivity contribution in [3.8, 4) is 11.8 Å². The lowest BCUT2D eigenvalue weighted by Gasteiger charge is -2.37. The molecule has 2 saturated heterocycles. The second-order valence-corrected chi connectivity index (χ2v) is 7.98. The zero-order chi connectivity index (χ0) is 21.4. The van der Waals surface area contributed by atoms with Crippen LogP contribution in [-0.4, -0.2) is 71.3 Å². The molecule has 0 atom stereocenters. The highest BCUT2D eigenvalue weighted by Crippen LogP contribution is 2.42. The molecule has 0 saturated carbocycles. The van der Waals surface area contributed by atoms with E-state index in [9.17, 15) is 4.79 Å². The molecule has 3 aliphatic rings. The molecule has 1 amide bonds. The van der Waals surface area contributed by atoms with Gasteiger partial charge in [-0.05, 0) is 18.6 Å². The Morgan fingerprint density at radius 3 is 2.71 bits per heavy atom. The number of aromatic nitrogens is 3. The number of nitrogens with zero attached hydrogens (tertiary/aromatic N) is 5. The summed E-state index contributed by atoms with van der Waals surface area (Å²) in [6, 6.07) is 2.06. The Balaban J connectivity index is 1.39. The second-order valence-electron chi connectivity index (χ2n) is 7.98. The van der Waals surface area contributed by atoms with E-state index in [4.69, 9.17) is 9.47 Å². The summed E-state index contributed by atoms with van der Waals surface area (Å²) in [6.45, 7) is 5.58. The average molecular weight is 419 g/mol. The summed E-state index contributed by atoms with van der Waals surface area (Å²) in [4.78, 5) is 21.1. The van der Waals surface area contributed by atoms with E-state index < -0.39 is 0 Å². The van der Waals surface area contributed by atoms with Crippen LogP contribution in [0.5, 0.6) is 0 Å². The molecule has 8 nitrogen and oxygen atoms in total. The number of anilines is 1. The molecule has 2 aliphatic heterocycles. The fourth-order valence-corrected chi connectivity index (χ4v) is 4.29. The minimum atomic E-state index is -0.246. The summed E-state index contributed by atoms with van der Waals surface area (Å²) in [5.41, 5.74) is 6.56. The molecule has 2 aromatic rings. The fraction of sp³-hybridized carbons (Fsp3) is 0.435. The number of pyridine rings is 1. The molecule has 0 spiro atoms. The zero-order valence-electron chi connectivity index (χ0n) is 17.8. The van der Waals surface area contributed by atoms with E-state index in [0.717, 1.165) is 47.6 Å². The maximum Gasteiger partial charge on any atom is 0.410 e. The first-order chi connectivity index (χ1) is 15.1. The van der Waals surface area contributed by atoms with Crippen molar-refractivity contribution in [2.45, 2.75) is 19.4 Å². The number of amides is 1. The molecule has 2 aromatic heterocycles. The standard InChI is InChI=1S/C23H25N5O3/c1-3-4-18-19(16-12-25-26(2)13-16)11-20-22(18)21(5-6-24-20)27-7-9-28(10-8-27)23(29)31-17-14-30-15-17/h5-6,12-13,17H,7-11,14-15H2,1-2H3. The van der Waals surface area contributed by atoms with Gasteiger partial charge >= 0.3 is 6.09 Å². The van der Waals surface area contributed by atoms with Gasteiger partial charge in [-0.1, -0.05) is 5.92 Å². The summed E-state index contributed by atoms with van der Waals surface area (Å²) in [7, 11) is 1.92. The molecular weight excluding hydrogens is 394 g/mol. The van der Waals surface area contributed by atoms with Crippen molar-refractivity contribution in [1.82, 2.24) is 19.7 Å². The van der Waals surface area contributed by atoms with Gasteiger partial charge in [0.2, 0.25) is 0 Å². The molecule has 2 fully saturated rings. The predicted molar refractivity (Wildman–Crippen MR) is 116 cm³/mol. The van der Waals surface area contributed by atoms with Crippen molar-refractivity contribution in [1.29, 1.82) is 0 Å². The van der Waals surface area contributed by atoms with Gasteiger partial charge in [-0.3, -0.25) is 9.67 Å². The number of ether oxygens (including phenoxy) is 2. The molecular formula is C23H25N5O3. The number of fused-ring (bicyclic) bond motifs is 1. The van der Waals surface area contributed by atoms with E-state index in [1.54, 1.807) is 4.90 Å². The number of carbonyl (C=O) groups is 1. The van der Waals surface area contributed by atoms with Crippen LogP contribution in [0.3, 0.4) is 0 Å². The van der Waals surface area contributed by atoms with E-state index in [-0.39, 0.29) is 12.2 Å². The lowest BCUT2D eigenvalue weighted by Crippen LogP contribution is -2.51. The maximum absolute atomic E-state index is 12.4. The minimum absolute atomic E-state index is 0.0970. The Hall–Kier alpha value is -3.31. The number of piperazine rings is 1. The van der Waals surface area contributed by atoms with E-state index in [2.05, 4.69) is 32.9 Å². The quantitative estimate of drug-likeness (QED) is 0.709. The first kappa shape index (κ1) is 19.6.